The summed E-state index contributed by atoms with van der Waals surface area (Å²) in [5, 5.41) is 27.5. The fourth-order valence-corrected chi connectivity index (χ4v) is 1.03. The molecule has 0 saturated carbocycles. The van der Waals surface area contributed by atoms with Crippen molar-refractivity contribution in [3.05, 3.63) is 17.8 Å². The Hall–Kier alpha value is -2.16. The van der Waals surface area contributed by atoms with E-state index in [9.17, 15) is 4.79 Å². The molecule has 0 fully saturated rings. The van der Waals surface area contributed by atoms with E-state index in [0.717, 1.165) is 0 Å². The predicted molar refractivity (Wildman–Crippen MR) is 52.1 cm³/mol. The van der Waals surface area contributed by atoms with E-state index < -0.39 is 12.0 Å². The van der Waals surface area contributed by atoms with Crippen molar-refractivity contribution in [1.82, 2.24) is 10.2 Å². The summed E-state index contributed by atoms with van der Waals surface area (Å²) in [7, 11) is 0. The van der Waals surface area contributed by atoms with Gasteiger partial charge in [0.2, 0.25) is 0 Å². The van der Waals surface area contributed by atoms with Crippen LogP contribution < -0.4 is 5.32 Å². The summed E-state index contributed by atoms with van der Waals surface area (Å²) in [5.74, 6) is -0.777. The van der Waals surface area contributed by atoms with Crippen LogP contribution in [-0.2, 0) is 4.79 Å². The molecular weight excluding hydrogens is 196 g/mol. The van der Waals surface area contributed by atoms with Gasteiger partial charge in [-0.3, -0.25) is 0 Å². The Morgan fingerprint density at radius 2 is 2.53 bits per heavy atom. The molecule has 6 nitrogen and oxygen atoms in total. The number of hydrogen-bond donors (Lipinski definition) is 2. The number of carboxylic acids is 1. The minimum atomic E-state index is -0.980. The van der Waals surface area contributed by atoms with Gasteiger partial charge in [-0.25, -0.2) is 4.79 Å². The number of aromatic nitrogens is 2. The van der Waals surface area contributed by atoms with Crippen LogP contribution in [-0.4, -0.2) is 27.3 Å². The lowest BCUT2D eigenvalue weighted by Crippen LogP contribution is -2.29. The van der Waals surface area contributed by atoms with Crippen LogP contribution in [0.15, 0.2) is 12.3 Å². The standard InChI is InChI=1S/C9H10N4O2/c1-2-7(9(14)15)12-8-6(5-10)3-4-11-13-8/h3-4,7H,2H2,1H3,(H,12,13)(H,14,15). The quantitative estimate of drug-likeness (QED) is 0.749. The van der Waals surface area contributed by atoms with Crippen LogP contribution in [0.2, 0.25) is 0 Å². The molecule has 78 valence electrons. The van der Waals surface area contributed by atoms with Crippen LogP contribution in [0.5, 0.6) is 0 Å². The normalized spacial score (nSPS) is 11.5. The van der Waals surface area contributed by atoms with Crippen LogP contribution in [0.25, 0.3) is 0 Å². The zero-order valence-electron chi connectivity index (χ0n) is 8.14. The summed E-state index contributed by atoms with van der Waals surface area (Å²) >= 11 is 0. The average molecular weight is 206 g/mol. The number of carbonyl (C=O) groups is 1. The van der Waals surface area contributed by atoms with Gasteiger partial charge in [0.1, 0.15) is 12.1 Å². The van der Waals surface area contributed by atoms with Gasteiger partial charge in [0.15, 0.2) is 5.82 Å². The lowest BCUT2D eigenvalue weighted by atomic mass is 10.2. The lowest BCUT2D eigenvalue weighted by Gasteiger charge is -2.12. The number of rotatable bonds is 4. The number of aliphatic carboxylic acids is 1. The molecule has 0 amide bonds. The van der Waals surface area contributed by atoms with E-state index in [1.165, 1.54) is 12.3 Å². The van der Waals surface area contributed by atoms with Crippen LogP contribution in [0.4, 0.5) is 5.82 Å². The molecule has 2 N–H and O–H groups in total. The molecule has 0 aliphatic carbocycles. The van der Waals surface area contributed by atoms with E-state index in [0.29, 0.717) is 6.42 Å². The first-order valence-electron chi connectivity index (χ1n) is 4.40. The fraction of sp³-hybridized carbons (Fsp3) is 0.333. The van der Waals surface area contributed by atoms with E-state index in [-0.39, 0.29) is 11.4 Å². The molecule has 1 atom stereocenters. The molecule has 0 aliphatic heterocycles. The third-order valence-electron chi connectivity index (χ3n) is 1.86. The number of nitrogens with one attached hydrogen (secondary N) is 1. The van der Waals surface area contributed by atoms with Crippen LogP contribution in [0.3, 0.4) is 0 Å². The fourth-order valence-electron chi connectivity index (χ4n) is 1.03. The molecule has 0 aromatic carbocycles. The van der Waals surface area contributed by atoms with Gasteiger partial charge in [-0.1, -0.05) is 6.92 Å². The van der Waals surface area contributed by atoms with Crippen molar-refractivity contribution in [3.8, 4) is 6.07 Å². The highest BCUT2D eigenvalue weighted by atomic mass is 16.4. The highest BCUT2D eigenvalue weighted by Gasteiger charge is 2.16. The Morgan fingerprint density at radius 1 is 1.80 bits per heavy atom. The monoisotopic (exact) mass is 206 g/mol. The van der Waals surface area contributed by atoms with Crippen molar-refractivity contribution in [2.45, 2.75) is 19.4 Å². The first-order valence-corrected chi connectivity index (χ1v) is 4.40. The van der Waals surface area contributed by atoms with Crippen molar-refractivity contribution in [3.63, 3.8) is 0 Å². The first kappa shape index (κ1) is 10.9. The summed E-state index contributed by atoms with van der Waals surface area (Å²) in [5.41, 5.74) is 0.282. The number of carboxylic acid groups (broad SMARTS) is 1. The molecule has 0 spiro atoms. The number of hydrogen-bond acceptors (Lipinski definition) is 5. The molecular formula is C9H10N4O2. The molecule has 1 heterocycles. The zero-order valence-corrected chi connectivity index (χ0v) is 8.14. The second kappa shape index (κ2) is 4.91. The molecule has 0 bridgehead atoms. The van der Waals surface area contributed by atoms with Crippen molar-refractivity contribution in [2.24, 2.45) is 0 Å². The Bertz CT molecular complexity index is 399. The maximum atomic E-state index is 10.7. The summed E-state index contributed by atoms with van der Waals surface area (Å²) < 4.78 is 0. The third kappa shape index (κ3) is 2.64. The molecule has 6 heteroatoms. The SMILES string of the molecule is CCC(Nc1nnccc1C#N)C(=O)O. The van der Waals surface area contributed by atoms with E-state index in [1.54, 1.807) is 6.92 Å². The van der Waals surface area contributed by atoms with Crippen molar-refractivity contribution in [1.29, 1.82) is 5.26 Å². The second-order valence-electron chi connectivity index (χ2n) is 2.85. The largest absolute Gasteiger partial charge is 0.480 e. The van der Waals surface area contributed by atoms with Crippen molar-refractivity contribution < 1.29 is 9.90 Å². The van der Waals surface area contributed by atoms with Gasteiger partial charge < -0.3 is 10.4 Å². The maximum Gasteiger partial charge on any atom is 0.326 e. The first-order chi connectivity index (χ1) is 7.19. The molecule has 0 saturated heterocycles. The molecule has 0 aliphatic rings. The Balaban J connectivity index is 2.89. The minimum absolute atomic E-state index is 0.203. The Kier molecular flexibility index (Phi) is 3.57. The summed E-state index contributed by atoms with van der Waals surface area (Å²) in [6.07, 6.45) is 1.78. The topological polar surface area (TPSA) is 98.9 Å². The van der Waals surface area contributed by atoms with E-state index in [2.05, 4.69) is 15.5 Å². The number of nitriles is 1. The molecule has 1 rings (SSSR count). The smallest absolute Gasteiger partial charge is 0.326 e. The summed E-state index contributed by atoms with van der Waals surface area (Å²) in [6, 6.07) is 2.63. The van der Waals surface area contributed by atoms with Gasteiger partial charge in [0.05, 0.1) is 11.8 Å². The second-order valence-corrected chi connectivity index (χ2v) is 2.85. The molecule has 1 unspecified atom stereocenters. The van der Waals surface area contributed by atoms with E-state index in [1.807, 2.05) is 6.07 Å². The van der Waals surface area contributed by atoms with E-state index in [4.69, 9.17) is 10.4 Å². The van der Waals surface area contributed by atoms with Gasteiger partial charge in [-0.2, -0.15) is 10.4 Å². The highest BCUT2D eigenvalue weighted by molar-refractivity contribution is 5.77. The molecule has 15 heavy (non-hydrogen) atoms. The van der Waals surface area contributed by atoms with Crippen molar-refractivity contribution >= 4 is 11.8 Å². The number of anilines is 1. The van der Waals surface area contributed by atoms with Gasteiger partial charge in [-0.05, 0) is 12.5 Å². The van der Waals surface area contributed by atoms with Crippen LogP contribution in [0.1, 0.15) is 18.9 Å². The maximum absolute atomic E-state index is 10.7. The van der Waals surface area contributed by atoms with Crippen LogP contribution in [0, 0.1) is 11.3 Å². The number of nitrogens with zero attached hydrogens (tertiary/aromatic N) is 3. The molecule has 0 radical (unpaired) electrons. The van der Waals surface area contributed by atoms with Gasteiger partial charge >= 0.3 is 5.97 Å². The Labute approximate surface area is 86.6 Å². The summed E-state index contributed by atoms with van der Waals surface area (Å²) in [4.78, 5) is 10.7. The Morgan fingerprint density at radius 3 is 3.07 bits per heavy atom. The molecule has 1 aromatic rings. The zero-order chi connectivity index (χ0) is 11.3. The minimum Gasteiger partial charge on any atom is -0.480 e. The third-order valence-corrected chi connectivity index (χ3v) is 1.86. The summed E-state index contributed by atoms with van der Waals surface area (Å²) in [6.45, 7) is 1.73. The predicted octanol–water partition coefficient (Wildman–Crippen LogP) is 0.623. The van der Waals surface area contributed by atoms with Gasteiger partial charge in [0, 0.05) is 0 Å². The average Bonchev–Trinajstić information content (AvgIpc) is 2.25. The highest BCUT2D eigenvalue weighted by Crippen LogP contribution is 2.10. The van der Waals surface area contributed by atoms with Gasteiger partial charge in [-0.15, -0.1) is 5.10 Å². The molecule has 1 aromatic heterocycles. The van der Waals surface area contributed by atoms with Crippen molar-refractivity contribution in [2.75, 3.05) is 5.32 Å². The van der Waals surface area contributed by atoms with Gasteiger partial charge in [0.25, 0.3) is 0 Å². The van der Waals surface area contributed by atoms with Crippen LogP contribution >= 0.6 is 0 Å². The van der Waals surface area contributed by atoms with E-state index >= 15 is 0 Å². The lowest BCUT2D eigenvalue weighted by molar-refractivity contribution is -0.137.